The Morgan fingerprint density at radius 3 is 2.43 bits per heavy atom. The van der Waals surface area contributed by atoms with Gasteiger partial charge in [0.2, 0.25) is 0 Å². The summed E-state index contributed by atoms with van der Waals surface area (Å²) in [4.78, 5) is 0. The van der Waals surface area contributed by atoms with Crippen molar-refractivity contribution in [2.45, 2.75) is 19.4 Å². The van der Waals surface area contributed by atoms with Crippen LogP contribution < -0.4 is 14.8 Å². The first-order valence-corrected chi connectivity index (χ1v) is 7.71. The van der Waals surface area contributed by atoms with E-state index in [1.165, 1.54) is 5.56 Å². The molecular weight excluding hydrogens is 330 g/mol. The SMILES string of the molecule is CCC(Nc1cccc(Br)c1)c1ccc(OC)c(OC)c1. The largest absolute Gasteiger partial charge is 0.493 e. The third-order valence-corrected chi connectivity index (χ3v) is 3.88. The minimum Gasteiger partial charge on any atom is -0.493 e. The van der Waals surface area contributed by atoms with Crippen LogP contribution in [0.1, 0.15) is 24.9 Å². The highest BCUT2D eigenvalue weighted by molar-refractivity contribution is 9.10. The van der Waals surface area contributed by atoms with Crippen LogP contribution in [0.2, 0.25) is 0 Å². The van der Waals surface area contributed by atoms with Crippen LogP contribution in [0.4, 0.5) is 5.69 Å². The fourth-order valence-corrected chi connectivity index (χ4v) is 2.67. The maximum atomic E-state index is 5.38. The average Bonchev–Trinajstić information content (AvgIpc) is 2.52. The van der Waals surface area contributed by atoms with Crippen LogP contribution in [0.3, 0.4) is 0 Å². The van der Waals surface area contributed by atoms with E-state index in [0.29, 0.717) is 0 Å². The molecule has 21 heavy (non-hydrogen) atoms. The van der Waals surface area contributed by atoms with Crippen molar-refractivity contribution < 1.29 is 9.47 Å². The van der Waals surface area contributed by atoms with Crippen LogP contribution in [-0.2, 0) is 0 Å². The molecule has 0 heterocycles. The van der Waals surface area contributed by atoms with Crippen LogP contribution >= 0.6 is 15.9 Å². The Morgan fingerprint density at radius 1 is 1.05 bits per heavy atom. The zero-order valence-corrected chi connectivity index (χ0v) is 14.1. The number of ether oxygens (including phenoxy) is 2. The van der Waals surface area contributed by atoms with Crippen molar-refractivity contribution in [3.63, 3.8) is 0 Å². The number of anilines is 1. The summed E-state index contributed by atoms with van der Waals surface area (Å²) in [6.07, 6.45) is 0.974. The van der Waals surface area contributed by atoms with E-state index in [0.717, 1.165) is 28.1 Å². The first kappa shape index (κ1) is 15.7. The lowest BCUT2D eigenvalue weighted by Gasteiger charge is -2.20. The fraction of sp³-hybridized carbons (Fsp3) is 0.294. The minimum atomic E-state index is 0.221. The Hall–Kier alpha value is -1.68. The summed E-state index contributed by atoms with van der Waals surface area (Å²) < 4.78 is 11.7. The number of nitrogens with one attached hydrogen (secondary N) is 1. The molecule has 0 radical (unpaired) electrons. The lowest BCUT2D eigenvalue weighted by Crippen LogP contribution is -2.10. The summed E-state index contributed by atoms with van der Waals surface area (Å²) in [6, 6.07) is 14.4. The maximum absolute atomic E-state index is 5.38. The topological polar surface area (TPSA) is 30.5 Å². The molecule has 0 aliphatic rings. The van der Waals surface area contributed by atoms with Crippen LogP contribution in [-0.4, -0.2) is 14.2 Å². The summed E-state index contributed by atoms with van der Waals surface area (Å²) in [5, 5.41) is 3.55. The van der Waals surface area contributed by atoms with Crippen molar-refractivity contribution in [2.24, 2.45) is 0 Å². The zero-order chi connectivity index (χ0) is 15.2. The molecule has 2 rings (SSSR count). The van der Waals surface area contributed by atoms with Gasteiger partial charge in [0.15, 0.2) is 11.5 Å². The van der Waals surface area contributed by atoms with Gasteiger partial charge in [0.05, 0.1) is 20.3 Å². The van der Waals surface area contributed by atoms with Gasteiger partial charge in [-0.1, -0.05) is 35.0 Å². The second kappa shape index (κ2) is 7.36. The maximum Gasteiger partial charge on any atom is 0.161 e. The lowest BCUT2D eigenvalue weighted by molar-refractivity contribution is 0.354. The summed E-state index contributed by atoms with van der Waals surface area (Å²) in [7, 11) is 3.30. The molecule has 3 nitrogen and oxygen atoms in total. The molecule has 0 amide bonds. The van der Waals surface area contributed by atoms with Crippen molar-refractivity contribution in [1.29, 1.82) is 0 Å². The first-order chi connectivity index (χ1) is 10.2. The Bertz CT molecular complexity index is 601. The zero-order valence-electron chi connectivity index (χ0n) is 12.5. The molecular formula is C17H20BrNO2. The average molecular weight is 350 g/mol. The van der Waals surface area contributed by atoms with Gasteiger partial charge in [-0.2, -0.15) is 0 Å². The van der Waals surface area contributed by atoms with E-state index in [4.69, 9.17) is 9.47 Å². The fourth-order valence-electron chi connectivity index (χ4n) is 2.27. The smallest absolute Gasteiger partial charge is 0.161 e. The van der Waals surface area contributed by atoms with Crippen molar-refractivity contribution in [3.05, 3.63) is 52.5 Å². The molecule has 1 N–H and O–H groups in total. The Balaban J connectivity index is 2.25. The Morgan fingerprint density at radius 2 is 1.81 bits per heavy atom. The van der Waals surface area contributed by atoms with Crippen molar-refractivity contribution in [3.8, 4) is 11.5 Å². The first-order valence-electron chi connectivity index (χ1n) is 6.92. The molecule has 0 fully saturated rings. The number of halogens is 1. The third-order valence-electron chi connectivity index (χ3n) is 3.38. The highest BCUT2D eigenvalue weighted by atomic mass is 79.9. The van der Waals surface area contributed by atoms with Gasteiger partial charge in [0.25, 0.3) is 0 Å². The third kappa shape index (κ3) is 3.91. The molecule has 4 heteroatoms. The molecule has 0 saturated carbocycles. The molecule has 0 bridgehead atoms. The van der Waals surface area contributed by atoms with E-state index in [-0.39, 0.29) is 6.04 Å². The number of hydrogen-bond acceptors (Lipinski definition) is 3. The minimum absolute atomic E-state index is 0.221. The van der Waals surface area contributed by atoms with E-state index >= 15 is 0 Å². The summed E-state index contributed by atoms with van der Waals surface area (Å²) in [5.74, 6) is 1.50. The van der Waals surface area contributed by atoms with Gasteiger partial charge in [-0.05, 0) is 42.3 Å². The van der Waals surface area contributed by atoms with Crippen molar-refractivity contribution >= 4 is 21.6 Å². The monoisotopic (exact) mass is 349 g/mol. The second-order valence-corrected chi connectivity index (χ2v) is 5.65. The van der Waals surface area contributed by atoms with E-state index < -0.39 is 0 Å². The highest BCUT2D eigenvalue weighted by Crippen LogP contribution is 2.32. The molecule has 112 valence electrons. The van der Waals surface area contributed by atoms with E-state index in [1.54, 1.807) is 14.2 Å². The molecule has 1 atom stereocenters. The molecule has 2 aromatic carbocycles. The second-order valence-electron chi connectivity index (χ2n) is 4.73. The van der Waals surface area contributed by atoms with Crippen LogP contribution in [0.15, 0.2) is 46.9 Å². The van der Waals surface area contributed by atoms with Gasteiger partial charge in [0, 0.05) is 10.2 Å². The Kier molecular flexibility index (Phi) is 5.51. The van der Waals surface area contributed by atoms with Gasteiger partial charge >= 0.3 is 0 Å². The van der Waals surface area contributed by atoms with Gasteiger partial charge in [-0.15, -0.1) is 0 Å². The van der Waals surface area contributed by atoms with Crippen LogP contribution in [0.5, 0.6) is 11.5 Å². The molecule has 0 aromatic heterocycles. The predicted molar refractivity (Wildman–Crippen MR) is 90.3 cm³/mol. The van der Waals surface area contributed by atoms with E-state index in [1.807, 2.05) is 24.3 Å². The molecule has 0 aliphatic carbocycles. The highest BCUT2D eigenvalue weighted by Gasteiger charge is 2.13. The number of benzene rings is 2. The van der Waals surface area contributed by atoms with Crippen LogP contribution in [0.25, 0.3) is 0 Å². The number of methoxy groups -OCH3 is 2. The van der Waals surface area contributed by atoms with Gasteiger partial charge in [0.1, 0.15) is 0 Å². The van der Waals surface area contributed by atoms with E-state index in [9.17, 15) is 0 Å². The van der Waals surface area contributed by atoms with Crippen molar-refractivity contribution in [1.82, 2.24) is 0 Å². The van der Waals surface area contributed by atoms with Crippen molar-refractivity contribution in [2.75, 3.05) is 19.5 Å². The number of hydrogen-bond donors (Lipinski definition) is 1. The van der Waals surface area contributed by atoms with Gasteiger partial charge in [-0.25, -0.2) is 0 Å². The summed E-state index contributed by atoms with van der Waals surface area (Å²) in [5.41, 5.74) is 2.26. The lowest BCUT2D eigenvalue weighted by atomic mass is 10.0. The Labute approximate surface area is 134 Å². The molecule has 0 saturated heterocycles. The molecule has 1 unspecified atom stereocenters. The predicted octanol–water partition coefficient (Wildman–Crippen LogP) is 5.03. The van der Waals surface area contributed by atoms with E-state index in [2.05, 4.69) is 46.4 Å². The number of rotatable bonds is 6. The summed E-state index contributed by atoms with van der Waals surface area (Å²) >= 11 is 3.50. The molecule has 2 aromatic rings. The van der Waals surface area contributed by atoms with Crippen LogP contribution in [0, 0.1) is 0 Å². The van der Waals surface area contributed by atoms with Gasteiger partial charge in [-0.3, -0.25) is 0 Å². The summed E-state index contributed by atoms with van der Waals surface area (Å²) in [6.45, 7) is 2.16. The standard InChI is InChI=1S/C17H20BrNO2/c1-4-15(19-14-7-5-6-13(18)11-14)12-8-9-16(20-2)17(10-12)21-3/h5-11,15,19H,4H2,1-3H3. The molecule has 0 spiro atoms. The van der Waals surface area contributed by atoms with Gasteiger partial charge < -0.3 is 14.8 Å². The quantitative estimate of drug-likeness (QED) is 0.793. The normalized spacial score (nSPS) is 11.8. The molecule has 0 aliphatic heterocycles.